The van der Waals surface area contributed by atoms with E-state index in [0.29, 0.717) is 12.1 Å². The lowest BCUT2D eigenvalue weighted by Gasteiger charge is -2.13. The van der Waals surface area contributed by atoms with Gasteiger partial charge in [0.05, 0.1) is 12.0 Å². The number of nitrogens with zero attached hydrogens (tertiary/aromatic N) is 3. The number of benzene rings is 1. The van der Waals surface area contributed by atoms with Crippen LogP contribution in [0, 0.1) is 0 Å². The maximum absolute atomic E-state index is 12.5. The van der Waals surface area contributed by atoms with E-state index in [4.69, 9.17) is 0 Å². The number of allylic oxidation sites excluding steroid dienone is 1. The Bertz CT molecular complexity index is 959. The lowest BCUT2D eigenvalue weighted by atomic mass is 9.99. The summed E-state index contributed by atoms with van der Waals surface area (Å²) in [5.41, 5.74) is 4.92. The van der Waals surface area contributed by atoms with Gasteiger partial charge in [0, 0.05) is 42.8 Å². The summed E-state index contributed by atoms with van der Waals surface area (Å²) in [5.74, 6) is -0.0370. The van der Waals surface area contributed by atoms with E-state index in [1.807, 2.05) is 47.3 Å². The molecular weight excluding hydrogens is 348 g/mol. The van der Waals surface area contributed by atoms with E-state index in [2.05, 4.69) is 27.4 Å². The fraction of sp³-hybridized carbons (Fsp3) is 0.261. The Hall–Kier alpha value is -3.21. The predicted molar refractivity (Wildman–Crippen MR) is 110 cm³/mol. The van der Waals surface area contributed by atoms with Crippen molar-refractivity contribution in [1.82, 2.24) is 19.9 Å². The van der Waals surface area contributed by atoms with E-state index >= 15 is 0 Å². The first-order valence-corrected chi connectivity index (χ1v) is 9.75. The van der Waals surface area contributed by atoms with Gasteiger partial charge in [-0.2, -0.15) is 0 Å². The van der Waals surface area contributed by atoms with Crippen LogP contribution in [-0.2, 0) is 6.54 Å². The minimum absolute atomic E-state index is 0.0370. The zero-order valence-electron chi connectivity index (χ0n) is 15.8. The Balaban J connectivity index is 1.42. The van der Waals surface area contributed by atoms with E-state index in [9.17, 15) is 4.79 Å². The van der Waals surface area contributed by atoms with Gasteiger partial charge in [-0.3, -0.25) is 9.78 Å². The maximum Gasteiger partial charge on any atom is 0.251 e. The van der Waals surface area contributed by atoms with E-state index in [-0.39, 0.29) is 5.91 Å². The topological polar surface area (TPSA) is 59.8 Å². The molecule has 28 heavy (non-hydrogen) atoms. The van der Waals surface area contributed by atoms with Crippen molar-refractivity contribution in [2.75, 3.05) is 6.54 Å². The summed E-state index contributed by atoms with van der Waals surface area (Å²) >= 11 is 0. The first-order valence-electron chi connectivity index (χ1n) is 9.75. The Morgan fingerprint density at radius 3 is 2.89 bits per heavy atom. The zero-order chi connectivity index (χ0) is 19.2. The Morgan fingerprint density at radius 1 is 1.18 bits per heavy atom. The molecule has 0 radical (unpaired) electrons. The third-order valence-corrected chi connectivity index (χ3v) is 5.03. The molecule has 3 aromatic rings. The van der Waals surface area contributed by atoms with Crippen LogP contribution in [0.5, 0.6) is 0 Å². The molecule has 1 N–H and O–H groups in total. The third-order valence-electron chi connectivity index (χ3n) is 5.03. The molecule has 5 heteroatoms. The molecule has 1 amide bonds. The fourth-order valence-corrected chi connectivity index (χ4v) is 3.46. The molecule has 2 heterocycles. The number of hydrogen-bond acceptors (Lipinski definition) is 3. The van der Waals surface area contributed by atoms with E-state index in [1.54, 1.807) is 12.5 Å². The van der Waals surface area contributed by atoms with Crippen LogP contribution in [0.15, 0.2) is 73.0 Å². The van der Waals surface area contributed by atoms with Crippen molar-refractivity contribution in [3.05, 3.63) is 84.1 Å². The average Bonchev–Trinajstić information content (AvgIpc) is 3.26. The van der Waals surface area contributed by atoms with Crippen molar-refractivity contribution in [2.45, 2.75) is 32.2 Å². The minimum atomic E-state index is -0.0370. The molecule has 0 saturated carbocycles. The van der Waals surface area contributed by atoms with Crippen molar-refractivity contribution in [1.29, 1.82) is 0 Å². The quantitative estimate of drug-likeness (QED) is 0.659. The number of carbonyl (C=O) groups is 1. The number of pyridine rings is 1. The van der Waals surface area contributed by atoms with Crippen molar-refractivity contribution in [3.8, 4) is 11.3 Å². The Kier molecular flexibility index (Phi) is 5.61. The molecule has 1 aliphatic rings. The molecule has 1 aliphatic carbocycles. The van der Waals surface area contributed by atoms with E-state index < -0.39 is 0 Å². The molecular formula is C23H24N4O. The van der Waals surface area contributed by atoms with Crippen LogP contribution in [0.25, 0.3) is 11.3 Å². The normalized spacial score (nSPS) is 13.8. The zero-order valence-corrected chi connectivity index (χ0v) is 15.8. The van der Waals surface area contributed by atoms with Gasteiger partial charge in [0.15, 0.2) is 0 Å². The Morgan fingerprint density at radius 2 is 2.14 bits per heavy atom. The lowest BCUT2D eigenvalue weighted by molar-refractivity contribution is 0.0956. The van der Waals surface area contributed by atoms with Gasteiger partial charge >= 0.3 is 0 Å². The number of rotatable bonds is 6. The van der Waals surface area contributed by atoms with Gasteiger partial charge in [0.2, 0.25) is 0 Å². The average molecular weight is 372 g/mol. The summed E-state index contributed by atoms with van der Waals surface area (Å²) in [6.07, 6.45) is 14.3. The summed E-state index contributed by atoms with van der Waals surface area (Å²) in [4.78, 5) is 21.2. The first kappa shape index (κ1) is 18.2. The second-order valence-corrected chi connectivity index (χ2v) is 7.16. The molecule has 2 aromatic heterocycles. The van der Waals surface area contributed by atoms with Crippen LogP contribution >= 0.6 is 0 Å². The van der Waals surface area contributed by atoms with Crippen LogP contribution in [0.2, 0.25) is 0 Å². The van der Waals surface area contributed by atoms with Gasteiger partial charge in [0.25, 0.3) is 5.91 Å². The monoisotopic (exact) mass is 372 g/mol. The predicted octanol–water partition coefficient (Wildman–Crippen LogP) is 4.22. The number of hydrogen-bond donors (Lipinski definition) is 1. The van der Waals surface area contributed by atoms with Crippen molar-refractivity contribution in [2.24, 2.45) is 0 Å². The highest BCUT2D eigenvalue weighted by Crippen LogP contribution is 2.20. The highest BCUT2D eigenvalue weighted by molar-refractivity contribution is 5.95. The summed E-state index contributed by atoms with van der Waals surface area (Å²) < 4.78 is 2.00. The summed E-state index contributed by atoms with van der Waals surface area (Å²) in [6, 6.07) is 11.7. The van der Waals surface area contributed by atoms with Gasteiger partial charge in [-0.1, -0.05) is 29.8 Å². The molecule has 0 unspecified atom stereocenters. The van der Waals surface area contributed by atoms with Crippen molar-refractivity contribution in [3.63, 3.8) is 0 Å². The third kappa shape index (κ3) is 4.55. The van der Waals surface area contributed by atoms with Crippen LogP contribution in [0.3, 0.4) is 0 Å². The number of nitrogens with one attached hydrogen (secondary N) is 1. The molecule has 4 rings (SSSR count). The number of carbonyl (C=O) groups excluding carboxylic acids is 1. The standard InChI is InChI=1S/C23H24N4O/c28-23(26-14-18-5-2-1-3-6-18)21-8-4-7-20(13-21)22-10-9-19(15-25-22)16-27-12-11-24-17-27/h4-5,7-13,15,17H,1-3,6,14,16H2,(H,26,28). The van der Waals surface area contributed by atoms with Gasteiger partial charge in [-0.25, -0.2) is 4.98 Å². The molecule has 0 fully saturated rings. The number of amides is 1. The van der Waals surface area contributed by atoms with Crippen LogP contribution in [-0.4, -0.2) is 27.0 Å². The largest absolute Gasteiger partial charge is 0.348 e. The number of imidazole rings is 1. The second-order valence-electron chi connectivity index (χ2n) is 7.16. The van der Waals surface area contributed by atoms with Gasteiger partial charge in [0.1, 0.15) is 0 Å². The minimum Gasteiger partial charge on any atom is -0.348 e. The van der Waals surface area contributed by atoms with Crippen molar-refractivity contribution < 1.29 is 4.79 Å². The van der Waals surface area contributed by atoms with Crippen LogP contribution in [0.1, 0.15) is 41.6 Å². The maximum atomic E-state index is 12.5. The molecule has 0 spiro atoms. The first-order chi connectivity index (χ1) is 13.8. The van der Waals surface area contributed by atoms with E-state index in [1.165, 1.54) is 18.4 Å². The van der Waals surface area contributed by atoms with Gasteiger partial charge in [-0.15, -0.1) is 0 Å². The van der Waals surface area contributed by atoms with Crippen molar-refractivity contribution >= 4 is 5.91 Å². The SMILES string of the molecule is O=C(NCC1=CCCCC1)c1cccc(-c2ccc(Cn3ccnc3)cn2)c1. The second kappa shape index (κ2) is 8.65. The molecule has 0 aliphatic heterocycles. The molecule has 0 bridgehead atoms. The molecule has 0 saturated heterocycles. The highest BCUT2D eigenvalue weighted by atomic mass is 16.1. The molecule has 142 valence electrons. The summed E-state index contributed by atoms with van der Waals surface area (Å²) in [6.45, 7) is 1.38. The molecule has 1 aromatic carbocycles. The van der Waals surface area contributed by atoms with Crippen LogP contribution < -0.4 is 5.32 Å². The molecule has 5 nitrogen and oxygen atoms in total. The lowest BCUT2D eigenvalue weighted by Crippen LogP contribution is -2.26. The van der Waals surface area contributed by atoms with Crippen LogP contribution in [0.4, 0.5) is 0 Å². The smallest absolute Gasteiger partial charge is 0.251 e. The summed E-state index contributed by atoms with van der Waals surface area (Å²) in [5, 5.41) is 3.04. The van der Waals surface area contributed by atoms with Gasteiger partial charge in [-0.05, 0) is 49.4 Å². The molecule has 0 atom stereocenters. The van der Waals surface area contributed by atoms with E-state index in [0.717, 1.165) is 36.2 Å². The highest BCUT2D eigenvalue weighted by Gasteiger charge is 2.10. The number of aromatic nitrogens is 3. The Labute approximate surface area is 165 Å². The van der Waals surface area contributed by atoms with Gasteiger partial charge < -0.3 is 9.88 Å². The summed E-state index contributed by atoms with van der Waals surface area (Å²) in [7, 11) is 0. The fourth-order valence-electron chi connectivity index (χ4n) is 3.46.